The average Bonchev–Trinajstić information content (AvgIpc) is 2.46. The average molecular weight is 259 g/mol. The molecule has 5 nitrogen and oxygen atoms in total. The zero-order valence-electron chi connectivity index (χ0n) is 10.7. The highest BCUT2D eigenvalue weighted by Gasteiger charge is 2.15. The Morgan fingerprint density at radius 3 is 2.95 bits per heavy atom. The molecule has 1 aromatic rings. The number of ether oxygens (including phenoxy) is 1. The van der Waals surface area contributed by atoms with Crippen molar-refractivity contribution in [1.29, 1.82) is 5.26 Å². The van der Waals surface area contributed by atoms with Gasteiger partial charge in [0.2, 0.25) is 5.91 Å². The molecule has 0 saturated carbocycles. The summed E-state index contributed by atoms with van der Waals surface area (Å²) in [5, 5.41) is 14.8. The summed E-state index contributed by atoms with van der Waals surface area (Å²) in [5.74, 6) is -0.0331. The molecule has 2 N–H and O–H groups in total. The molecule has 0 atom stereocenters. The van der Waals surface area contributed by atoms with Crippen LogP contribution in [0.1, 0.15) is 18.4 Å². The summed E-state index contributed by atoms with van der Waals surface area (Å²) in [7, 11) is 0. The normalized spacial score (nSPS) is 15.5. The van der Waals surface area contributed by atoms with Gasteiger partial charge in [-0.25, -0.2) is 0 Å². The molecule has 1 fully saturated rings. The van der Waals surface area contributed by atoms with Crippen molar-refractivity contribution in [2.45, 2.75) is 18.9 Å². The quantitative estimate of drug-likeness (QED) is 0.853. The first kappa shape index (κ1) is 13.4. The fraction of sp³-hybridized carbons (Fsp3) is 0.429. The molecule has 0 aliphatic carbocycles. The van der Waals surface area contributed by atoms with Crippen LogP contribution in [0.4, 0.5) is 5.69 Å². The van der Waals surface area contributed by atoms with Crippen LogP contribution in [0.3, 0.4) is 0 Å². The minimum atomic E-state index is -0.0331. The van der Waals surface area contributed by atoms with E-state index in [2.05, 4.69) is 16.7 Å². The largest absolute Gasteiger partial charge is 0.381 e. The lowest BCUT2D eigenvalue weighted by molar-refractivity contribution is -0.120. The second-order valence-electron chi connectivity index (χ2n) is 4.50. The van der Waals surface area contributed by atoms with E-state index in [0.29, 0.717) is 18.8 Å². The van der Waals surface area contributed by atoms with E-state index in [1.54, 1.807) is 18.2 Å². The molecule has 0 bridgehead atoms. The van der Waals surface area contributed by atoms with Crippen LogP contribution < -0.4 is 10.6 Å². The van der Waals surface area contributed by atoms with Crippen LogP contribution >= 0.6 is 0 Å². The van der Waals surface area contributed by atoms with Crippen LogP contribution in [-0.2, 0) is 9.53 Å². The van der Waals surface area contributed by atoms with E-state index in [-0.39, 0.29) is 18.5 Å². The van der Waals surface area contributed by atoms with Gasteiger partial charge in [0.15, 0.2) is 0 Å². The van der Waals surface area contributed by atoms with E-state index in [4.69, 9.17) is 10.00 Å². The molecule has 1 heterocycles. The van der Waals surface area contributed by atoms with E-state index in [9.17, 15) is 4.79 Å². The number of nitriles is 1. The number of nitrogens with one attached hydrogen (secondary N) is 2. The molecule has 0 radical (unpaired) electrons. The summed E-state index contributed by atoms with van der Waals surface area (Å²) in [5.41, 5.74) is 1.36. The van der Waals surface area contributed by atoms with E-state index in [1.807, 2.05) is 6.07 Å². The Hall–Kier alpha value is -2.06. The molecule has 0 aromatic heterocycles. The fourth-order valence-electron chi connectivity index (χ4n) is 2.00. The zero-order chi connectivity index (χ0) is 13.5. The van der Waals surface area contributed by atoms with Gasteiger partial charge in [-0.3, -0.25) is 4.79 Å². The lowest BCUT2D eigenvalue weighted by atomic mass is 10.1. The number of carbonyl (C=O) groups is 1. The summed E-state index contributed by atoms with van der Waals surface area (Å²) < 4.78 is 5.24. The molecule has 2 rings (SSSR count). The van der Waals surface area contributed by atoms with Crippen LogP contribution in [0.2, 0.25) is 0 Å². The smallest absolute Gasteiger partial charge is 0.239 e. The van der Waals surface area contributed by atoms with Gasteiger partial charge in [0.25, 0.3) is 0 Å². The van der Waals surface area contributed by atoms with Gasteiger partial charge in [0, 0.05) is 24.9 Å². The molecule has 0 unspecified atom stereocenters. The summed E-state index contributed by atoms with van der Waals surface area (Å²) in [6.07, 6.45) is 1.74. The first-order valence-electron chi connectivity index (χ1n) is 6.39. The molecule has 19 heavy (non-hydrogen) atoms. The van der Waals surface area contributed by atoms with E-state index >= 15 is 0 Å². The molecule has 0 spiro atoms. The van der Waals surface area contributed by atoms with Crippen molar-refractivity contribution < 1.29 is 9.53 Å². The maximum atomic E-state index is 11.8. The third-order valence-corrected chi connectivity index (χ3v) is 3.03. The predicted molar refractivity (Wildman–Crippen MR) is 71.6 cm³/mol. The van der Waals surface area contributed by atoms with Crippen LogP contribution in [0.15, 0.2) is 24.3 Å². The Labute approximate surface area is 112 Å². The van der Waals surface area contributed by atoms with E-state index in [1.165, 1.54) is 0 Å². The molecule has 1 aromatic carbocycles. The number of hydrogen-bond acceptors (Lipinski definition) is 4. The van der Waals surface area contributed by atoms with Gasteiger partial charge in [-0.15, -0.1) is 0 Å². The van der Waals surface area contributed by atoms with Gasteiger partial charge < -0.3 is 15.4 Å². The van der Waals surface area contributed by atoms with Crippen molar-refractivity contribution >= 4 is 11.6 Å². The number of anilines is 1. The number of nitrogens with zero attached hydrogens (tertiary/aromatic N) is 1. The maximum Gasteiger partial charge on any atom is 0.239 e. The Morgan fingerprint density at radius 2 is 2.21 bits per heavy atom. The van der Waals surface area contributed by atoms with E-state index in [0.717, 1.165) is 18.5 Å². The summed E-state index contributed by atoms with van der Waals surface area (Å²) in [6, 6.07) is 9.36. The van der Waals surface area contributed by atoms with Crippen LogP contribution in [0.5, 0.6) is 0 Å². The van der Waals surface area contributed by atoms with Crippen LogP contribution in [0.25, 0.3) is 0 Å². The number of rotatable bonds is 4. The SMILES string of the molecule is N#Cc1cccc(NCC(=O)NC2CCOCC2)c1. The van der Waals surface area contributed by atoms with Crippen molar-refractivity contribution in [3.05, 3.63) is 29.8 Å². The summed E-state index contributed by atoms with van der Waals surface area (Å²) >= 11 is 0. The highest BCUT2D eigenvalue weighted by atomic mass is 16.5. The topological polar surface area (TPSA) is 74.2 Å². The molecule has 1 aliphatic rings. The molecule has 5 heteroatoms. The summed E-state index contributed by atoms with van der Waals surface area (Å²) in [4.78, 5) is 11.8. The Balaban J connectivity index is 1.78. The third kappa shape index (κ3) is 4.27. The van der Waals surface area contributed by atoms with Crippen molar-refractivity contribution in [2.75, 3.05) is 25.1 Å². The Kier molecular flexibility index (Phi) is 4.76. The fourth-order valence-corrected chi connectivity index (χ4v) is 2.00. The minimum absolute atomic E-state index is 0.0331. The molecule has 1 amide bonds. The van der Waals surface area contributed by atoms with Crippen molar-refractivity contribution in [3.63, 3.8) is 0 Å². The van der Waals surface area contributed by atoms with Crippen molar-refractivity contribution in [3.8, 4) is 6.07 Å². The van der Waals surface area contributed by atoms with Gasteiger partial charge in [-0.2, -0.15) is 5.26 Å². The van der Waals surface area contributed by atoms with Gasteiger partial charge in [-0.05, 0) is 31.0 Å². The molecular formula is C14H17N3O2. The predicted octanol–water partition coefficient (Wildman–Crippen LogP) is 1.27. The second kappa shape index (κ2) is 6.76. The lowest BCUT2D eigenvalue weighted by Gasteiger charge is -2.23. The van der Waals surface area contributed by atoms with Crippen molar-refractivity contribution in [1.82, 2.24) is 5.32 Å². The molecule has 1 aliphatic heterocycles. The lowest BCUT2D eigenvalue weighted by Crippen LogP contribution is -2.41. The zero-order valence-corrected chi connectivity index (χ0v) is 10.7. The Bertz CT molecular complexity index is 476. The molecular weight excluding hydrogens is 242 g/mol. The maximum absolute atomic E-state index is 11.8. The minimum Gasteiger partial charge on any atom is -0.381 e. The van der Waals surface area contributed by atoms with E-state index < -0.39 is 0 Å². The van der Waals surface area contributed by atoms with Crippen LogP contribution in [-0.4, -0.2) is 31.7 Å². The molecule has 100 valence electrons. The number of amides is 1. The molecule has 1 saturated heterocycles. The second-order valence-corrected chi connectivity index (χ2v) is 4.50. The monoisotopic (exact) mass is 259 g/mol. The first-order chi connectivity index (χ1) is 9.28. The van der Waals surface area contributed by atoms with Gasteiger partial charge >= 0.3 is 0 Å². The number of hydrogen-bond donors (Lipinski definition) is 2. The third-order valence-electron chi connectivity index (χ3n) is 3.03. The highest BCUT2D eigenvalue weighted by Crippen LogP contribution is 2.09. The standard InChI is InChI=1S/C14H17N3O2/c15-9-11-2-1-3-13(8-11)16-10-14(18)17-12-4-6-19-7-5-12/h1-3,8,12,16H,4-7,10H2,(H,17,18). The van der Waals surface area contributed by atoms with Crippen LogP contribution in [0, 0.1) is 11.3 Å². The number of benzene rings is 1. The van der Waals surface area contributed by atoms with Crippen molar-refractivity contribution in [2.24, 2.45) is 0 Å². The van der Waals surface area contributed by atoms with Gasteiger partial charge in [0.05, 0.1) is 18.2 Å². The number of carbonyl (C=O) groups excluding carboxylic acids is 1. The first-order valence-corrected chi connectivity index (χ1v) is 6.39. The van der Waals surface area contributed by atoms with Gasteiger partial charge in [0.1, 0.15) is 0 Å². The Morgan fingerprint density at radius 1 is 1.42 bits per heavy atom. The summed E-state index contributed by atoms with van der Waals surface area (Å²) in [6.45, 7) is 1.64. The highest BCUT2D eigenvalue weighted by molar-refractivity contribution is 5.81. The van der Waals surface area contributed by atoms with Gasteiger partial charge in [-0.1, -0.05) is 6.07 Å².